The average molecular weight is 255 g/mol. The van der Waals surface area contributed by atoms with E-state index in [9.17, 15) is 4.79 Å². The number of halogens is 1. The lowest BCUT2D eigenvalue weighted by Gasteiger charge is -2.18. The molecule has 0 spiro atoms. The van der Waals surface area contributed by atoms with Crippen LogP contribution in [0.4, 0.5) is 0 Å². The summed E-state index contributed by atoms with van der Waals surface area (Å²) in [7, 11) is 1.65. The van der Waals surface area contributed by atoms with Crippen LogP contribution < -0.4 is 10.6 Å². The molecule has 2 rings (SSSR count). The third kappa shape index (κ3) is 2.97. The van der Waals surface area contributed by atoms with E-state index in [-0.39, 0.29) is 18.1 Å². The number of amides is 1. The molecule has 1 aromatic rings. The van der Waals surface area contributed by atoms with Crippen molar-refractivity contribution in [3.8, 4) is 0 Å². The molecule has 1 aromatic carbocycles. The van der Waals surface area contributed by atoms with Gasteiger partial charge in [0.25, 0.3) is 5.91 Å². The molecule has 1 saturated heterocycles. The van der Waals surface area contributed by atoms with Gasteiger partial charge in [-0.15, -0.1) is 0 Å². The number of nitrogens with one attached hydrogen (secondary N) is 2. The molecular formula is C12H15ClN2O2. The standard InChI is InChI=1S/C12H15ClN2O2/c1-17-11-7-14-6-10(11)15-12(16)8-3-2-4-9(13)5-8/h2-5,10-11,14H,6-7H2,1H3,(H,15,16)/t10?,11-/m0/s1. The molecule has 5 heteroatoms. The summed E-state index contributed by atoms with van der Waals surface area (Å²) in [5, 5.41) is 6.67. The third-order valence-corrected chi connectivity index (χ3v) is 3.10. The van der Waals surface area contributed by atoms with Gasteiger partial charge in [-0.25, -0.2) is 0 Å². The number of benzene rings is 1. The summed E-state index contributed by atoms with van der Waals surface area (Å²) in [6.45, 7) is 1.49. The number of carbonyl (C=O) groups is 1. The summed E-state index contributed by atoms with van der Waals surface area (Å²) in [5.41, 5.74) is 0.569. The molecule has 2 N–H and O–H groups in total. The smallest absolute Gasteiger partial charge is 0.251 e. The van der Waals surface area contributed by atoms with Crippen molar-refractivity contribution in [1.29, 1.82) is 0 Å². The van der Waals surface area contributed by atoms with Gasteiger partial charge in [0, 0.05) is 30.8 Å². The van der Waals surface area contributed by atoms with E-state index in [0.717, 1.165) is 13.1 Å². The summed E-state index contributed by atoms with van der Waals surface area (Å²) in [4.78, 5) is 12.0. The summed E-state index contributed by atoms with van der Waals surface area (Å²) < 4.78 is 5.28. The van der Waals surface area contributed by atoms with Crippen LogP contribution in [0.25, 0.3) is 0 Å². The Balaban J connectivity index is 2.01. The zero-order valence-corrected chi connectivity index (χ0v) is 10.3. The van der Waals surface area contributed by atoms with Crippen LogP contribution in [0.2, 0.25) is 5.02 Å². The summed E-state index contributed by atoms with van der Waals surface area (Å²) in [6.07, 6.45) is 0.0261. The lowest BCUT2D eigenvalue weighted by Crippen LogP contribution is -2.43. The van der Waals surface area contributed by atoms with Crippen molar-refractivity contribution in [3.05, 3.63) is 34.9 Å². The van der Waals surface area contributed by atoms with Gasteiger partial charge in [0.2, 0.25) is 0 Å². The highest BCUT2D eigenvalue weighted by Gasteiger charge is 2.28. The number of carbonyl (C=O) groups excluding carboxylic acids is 1. The van der Waals surface area contributed by atoms with E-state index in [1.165, 1.54) is 0 Å². The van der Waals surface area contributed by atoms with E-state index < -0.39 is 0 Å². The van der Waals surface area contributed by atoms with Gasteiger partial charge in [-0.05, 0) is 18.2 Å². The van der Waals surface area contributed by atoms with Gasteiger partial charge < -0.3 is 15.4 Å². The number of hydrogen-bond donors (Lipinski definition) is 2. The molecule has 1 unspecified atom stereocenters. The molecule has 0 saturated carbocycles. The first-order chi connectivity index (χ1) is 8.20. The van der Waals surface area contributed by atoms with Crippen molar-refractivity contribution >= 4 is 17.5 Å². The van der Waals surface area contributed by atoms with Gasteiger partial charge in [-0.2, -0.15) is 0 Å². The molecule has 1 aliphatic heterocycles. The second kappa shape index (κ2) is 5.49. The van der Waals surface area contributed by atoms with E-state index in [0.29, 0.717) is 10.6 Å². The Bertz CT molecular complexity index is 411. The third-order valence-electron chi connectivity index (χ3n) is 2.86. The van der Waals surface area contributed by atoms with Crippen molar-refractivity contribution in [1.82, 2.24) is 10.6 Å². The fourth-order valence-electron chi connectivity index (χ4n) is 1.93. The number of rotatable bonds is 3. The molecule has 0 radical (unpaired) electrons. The first-order valence-electron chi connectivity index (χ1n) is 5.50. The second-order valence-corrected chi connectivity index (χ2v) is 4.46. The maximum atomic E-state index is 12.0. The van der Waals surface area contributed by atoms with Crippen molar-refractivity contribution in [3.63, 3.8) is 0 Å². The maximum Gasteiger partial charge on any atom is 0.251 e. The summed E-state index contributed by atoms with van der Waals surface area (Å²) in [5.74, 6) is -0.122. The zero-order valence-electron chi connectivity index (χ0n) is 9.57. The molecule has 17 heavy (non-hydrogen) atoms. The normalized spacial score (nSPS) is 23.6. The van der Waals surface area contributed by atoms with Crippen molar-refractivity contribution in [2.45, 2.75) is 12.1 Å². The Morgan fingerprint density at radius 3 is 3.06 bits per heavy atom. The fraction of sp³-hybridized carbons (Fsp3) is 0.417. The predicted molar refractivity (Wildman–Crippen MR) is 66.4 cm³/mol. The maximum absolute atomic E-state index is 12.0. The second-order valence-electron chi connectivity index (χ2n) is 4.02. The van der Waals surface area contributed by atoms with Crippen LogP contribution in [0, 0.1) is 0 Å². The largest absolute Gasteiger partial charge is 0.378 e. The van der Waals surface area contributed by atoms with Crippen molar-refractivity contribution in [2.24, 2.45) is 0 Å². The molecule has 0 aliphatic carbocycles. The molecule has 0 bridgehead atoms. The average Bonchev–Trinajstić information content (AvgIpc) is 2.76. The Hall–Kier alpha value is -1.10. The Kier molecular flexibility index (Phi) is 3.99. The lowest BCUT2D eigenvalue weighted by molar-refractivity contribution is 0.0780. The highest BCUT2D eigenvalue weighted by molar-refractivity contribution is 6.30. The van der Waals surface area contributed by atoms with E-state index in [2.05, 4.69) is 10.6 Å². The van der Waals surface area contributed by atoms with Crippen LogP contribution in [0.1, 0.15) is 10.4 Å². The minimum Gasteiger partial charge on any atom is -0.378 e. The first kappa shape index (κ1) is 12.4. The van der Waals surface area contributed by atoms with E-state index in [1.54, 1.807) is 31.4 Å². The van der Waals surface area contributed by atoms with Crippen LogP contribution in [-0.4, -0.2) is 38.3 Å². The van der Waals surface area contributed by atoms with Crippen LogP contribution in [0.5, 0.6) is 0 Å². The van der Waals surface area contributed by atoms with Crippen molar-refractivity contribution < 1.29 is 9.53 Å². The minimum absolute atomic E-state index is 0.00600. The molecule has 2 atom stereocenters. The number of methoxy groups -OCH3 is 1. The van der Waals surface area contributed by atoms with Crippen LogP contribution in [0.3, 0.4) is 0 Å². The van der Waals surface area contributed by atoms with Crippen molar-refractivity contribution in [2.75, 3.05) is 20.2 Å². The quantitative estimate of drug-likeness (QED) is 0.848. The molecule has 1 heterocycles. The SMILES string of the molecule is CO[C@H]1CNCC1NC(=O)c1cccc(Cl)c1. The van der Waals surface area contributed by atoms with Gasteiger partial charge in [0.1, 0.15) is 0 Å². The highest BCUT2D eigenvalue weighted by Crippen LogP contribution is 2.11. The van der Waals surface area contributed by atoms with Crippen LogP contribution >= 0.6 is 11.6 Å². The molecule has 4 nitrogen and oxygen atoms in total. The zero-order chi connectivity index (χ0) is 12.3. The Morgan fingerprint density at radius 2 is 2.35 bits per heavy atom. The van der Waals surface area contributed by atoms with Gasteiger partial charge in [-0.1, -0.05) is 17.7 Å². The minimum atomic E-state index is -0.122. The Morgan fingerprint density at radius 1 is 1.53 bits per heavy atom. The number of ether oxygens (including phenoxy) is 1. The van der Waals surface area contributed by atoms with Crippen LogP contribution in [-0.2, 0) is 4.74 Å². The molecular weight excluding hydrogens is 240 g/mol. The number of hydrogen-bond acceptors (Lipinski definition) is 3. The van der Waals surface area contributed by atoms with Gasteiger partial charge in [0.15, 0.2) is 0 Å². The molecule has 1 aliphatic rings. The van der Waals surface area contributed by atoms with E-state index >= 15 is 0 Å². The summed E-state index contributed by atoms with van der Waals surface area (Å²) >= 11 is 5.84. The molecule has 0 aromatic heterocycles. The molecule has 1 fully saturated rings. The molecule has 1 amide bonds. The van der Waals surface area contributed by atoms with Gasteiger partial charge in [0.05, 0.1) is 12.1 Å². The van der Waals surface area contributed by atoms with Gasteiger partial charge in [-0.3, -0.25) is 4.79 Å². The van der Waals surface area contributed by atoms with E-state index in [1.807, 2.05) is 0 Å². The predicted octanol–water partition coefficient (Wildman–Crippen LogP) is 1.06. The molecule has 92 valence electrons. The fourth-order valence-corrected chi connectivity index (χ4v) is 2.12. The highest BCUT2D eigenvalue weighted by atomic mass is 35.5. The lowest BCUT2D eigenvalue weighted by atomic mass is 10.1. The monoisotopic (exact) mass is 254 g/mol. The van der Waals surface area contributed by atoms with E-state index in [4.69, 9.17) is 16.3 Å². The van der Waals surface area contributed by atoms with Gasteiger partial charge >= 0.3 is 0 Å². The summed E-state index contributed by atoms with van der Waals surface area (Å²) in [6, 6.07) is 6.91. The first-order valence-corrected chi connectivity index (χ1v) is 5.88. The topological polar surface area (TPSA) is 50.4 Å². The van der Waals surface area contributed by atoms with Crippen LogP contribution in [0.15, 0.2) is 24.3 Å². The Labute approximate surface area is 105 Å².